The third kappa shape index (κ3) is 1.47. The molecule has 2 atom stereocenters. The molecule has 1 aliphatic heterocycles. The van der Waals surface area contributed by atoms with Crippen LogP contribution in [0.3, 0.4) is 0 Å². The molecule has 0 amide bonds. The zero-order chi connectivity index (χ0) is 7.61. The molecule has 1 heterocycles. The molecule has 0 aromatic carbocycles. The Morgan fingerprint density at radius 3 is 2.90 bits per heavy atom. The van der Waals surface area contributed by atoms with Crippen molar-refractivity contribution in [3.63, 3.8) is 0 Å². The van der Waals surface area contributed by atoms with Crippen LogP contribution in [-0.4, -0.2) is 30.3 Å². The van der Waals surface area contributed by atoms with E-state index in [1.807, 2.05) is 11.8 Å². The van der Waals surface area contributed by atoms with Crippen LogP contribution in [-0.2, 0) is 4.74 Å². The molecule has 0 bridgehead atoms. The third-order valence-electron chi connectivity index (χ3n) is 2.16. The minimum atomic E-state index is -0.0561. The van der Waals surface area contributed by atoms with Crippen molar-refractivity contribution in [1.29, 1.82) is 0 Å². The summed E-state index contributed by atoms with van der Waals surface area (Å²) in [5, 5.41) is 0.549. The second kappa shape index (κ2) is 3.11. The van der Waals surface area contributed by atoms with Crippen molar-refractivity contribution in [2.45, 2.75) is 24.1 Å². The molecular formula is C7H15NOS. The molecule has 2 N–H and O–H groups in total. The minimum Gasteiger partial charge on any atom is -0.383 e. The van der Waals surface area contributed by atoms with E-state index in [1.165, 1.54) is 5.75 Å². The summed E-state index contributed by atoms with van der Waals surface area (Å²) in [6, 6.07) is 0. The van der Waals surface area contributed by atoms with Crippen molar-refractivity contribution < 1.29 is 4.74 Å². The number of hydrogen-bond donors (Lipinski definition) is 1. The molecule has 1 fully saturated rings. The lowest BCUT2D eigenvalue weighted by Gasteiger charge is -2.26. The first-order valence-electron chi connectivity index (χ1n) is 3.58. The van der Waals surface area contributed by atoms with Crippen molar-refractivity contribution in [3.8, 4) is 0 Å². The maximum Gasteiger partial charge on any atom is 0.0653 e. The molecule has 0 aliphatic carbocycles. The molecule has 0 radical (unpaired) electrons. The van der Waals surface area contributed by atoms with Crippen LogP contribution in [0.25, 0.3) is 0 Å². The van der Waals surface area contributed by atoms with E-state index in [9.17, 15) is 0 Å². The maximum absolute atomic E-state index is 6.07. The van der Waals surface area contributed by atoms with Gasteiger partial charge in [-0.05, 0) is 12.2 Å². The van der Waals surface area contributed by atoms with Gasteiger partial charge in [-0.3, -0.25) is 0 Å². The molecule has 1 rings (SSSR count). The second-order valence-electron chi connectivity index (χ2n) is 2.93. The second-order valence-corrected chi connectivity index (χ2v) is 4.38. The van der Waals surface area contributed by atoms with Crippen LogP contribution in [0.2, 0.25) is 0 Å². The zero-order valence-corrected chi connectivity index (χ0v) is 7.41. The van der Waals surface area contributed by atoms with E-state index < -0.39 is 0 Å². The Bertz CT molecular complexity index is 120. The van der Waals surface area contributed by atoms with E-state index >= 15 is 0 Å². The number of methoxy groups -OCH3 is 1. The van der Waals surface area contributed by atoms with Gasteiger partial charge >= 0.3 is 0 Å². The highest BCUT2D eigenvalue weighted by Gasteiger charge is 2.36. The van der Waals surface area contributed by atoms with Crippen molar-refractivity contribution in [3.05, 3.63) is 0 Å². The van der Waals surface area contributed by atoms with E-state index in [4.69, 9.17) is 10.5 Å². The highest BCUT2D eigenvalue weighted by atomic mass is 32.2. The summed E-state index contributed by atoms with van der Waals surface area (Å²) >= 11 is 1.94. The van der Waals surface area contributed by atoms with Gasteiger partial charge in [-0.2, -0.15) is 11.8 Å². The number of ether oxygens (including phenoxy) is 1. The average Bonchev–Trinajstić information content (AvgIpc) is 2.15. The van der Waals surface area contributed by atoms with Crippen LogP contribution in [0.15, 0.2) is 0 Å². The SMILES string of the molecule is COCC1(N)CCSC1C. The molecule has 0 aromatic rings. The summed E-state index contributed by atoms with van der Waals surface area (Å²) in [5.74, 6) is 1.18. The average molecular weight is 161 g/mol. The van der Waals surface area contributed by atoms with Crippen LogP contribution in [0.1, 0.15) is 13.3 Å². The third-order valence-corrected chi connectivity index (χ3v) is 3.57. The minimum absolute atomic E-state index is 0.0561. The van der Waals surface area contributed by atoms with Gasteiger partial charge in [0.1, 0.15) is 0 Å². The zero-order valence-electron chi connectivity index (χ0n) is 6.59. The van der Waals surface area contributed by atoms with Crippen molar-refractivity contribution >= 4 is 11.8 Å². The highest BCUT2D eigenvalue weighted by Crippen LogP contribution is 2.33. The van der Waals surface area contributed by atoms with E-state index in [0.29, 0.717) is 11.9 Å². The normalized spacial score (nSPS) is 40.5. The van der Waals surface area contributed by atoms with Gasteiger partial charge in [-0.1, -0.05) is 6.92 Å². The molecular weight excluding hydrogens is 146 g/mol. The smallest absolute Gasteiger partial charge is 0.0653 e. The topological polar surface area (TPSA) is 35.2 Å². The Hall–Kier alpha value is 0.270. The molecule has 0 aromatic heterocycles. The molecule has 3 heteroatoms. The Morgan fingerprint density at radius 2 is 2.50 bits per heavy atom. The summed E-state index contributed by atoms with van der Waals surface area (Å²) in [7, 11) is 1.71. The van der Waals surface area contributed by atoms with Gasteiger partial charge in [-0.15, -0.1) is 0 Å². The Labute approximate surface area is 66.5 Å². The summed E-state index contributed by atoms with van der Waals surface area (Å²) in [6.07, 6.45) is 1.09. The summed E-state index contributed by atoms with van der Waals surface area (Å²) in [5.41, 5.74) is 6.01. The number of rotatable bonds is 2. The van der Waals surface area contributed by atoms with Gasteiger partial charge in [0.05, 0.1) is 12.1 Å². The lowest BCUT2D eigenvalue weighted by Crippen LogP contribution is -2.48. The van der Waals surface area contributed by atoms with Gasteiger partial charge in [-0.25, -0.2) is 0 Å². The first-order chi connectivity index (χ1) is 4.69. The quantitative estimate of drug-likeness (QED) is 0.652. The van der Waals surface area contributed by atoms with Gasteiger partial charge < -0.3 is 10.5 Å². The fraction of sp³-hybridized carbons (Fsp3) is 1.00. The van der Waals surface area contributed by atoms with Crippen LogP contribution in [0, 0.1) is 0 Å². The Balaban J connectivity index is 2.48. The molecule has 1 aliphatic rings. The lowest BCUT2D eigenvalue weighted by atomic mass is 9.95. The number of hydrogen-bond acceptors (Lipinski definition) is 3. The van der Waals surface area contributed by atoms with Gasteiger partial charge in [0.2, 0.25) is 0 Å². The van der Waals surface area contributed by atoms with E-state index in [2.05, 4.69) is 6.92 Å². The molecule has 2 nitrogen and oxygen atoms in total. The highest BCUT2D eigenvalue weighted by molar-refractivity contribution is 8.00. The van der Waals surface area contributed by atoms with Gasteiger partial charge in [0.15, 0.2) is 0 Å². The van der Waals surface area contributed by atoms with E-state index in [0.717, 1.165) is 6.42 Å². The summed E-state index contributed by atoms with van der Waals surface area (Å²) < 4.78 is 5.06. The lowest BCUT2D eigenvalue weighted by molar-refractivity contribution is 0.134. The fourth-order valence-corrected chi connectivity index (χ4v) is 2.62. The Kier molecular flexibility index (Phi) is 2.61. The maximum atomic E-state index is 6.07. The standard InChI is InChI=1S/C7H15NOS/c1-6-7(8,5-9-2)3-4-10-6/h6H,3-5,8H2,1-2H3. The van der Waals surface area contributed by atoms with Gasteiger partial charge in [0, 0.05) is 12.4 Å². The van der Waals surface area contributed by atoms with Crippen molar-refractivity contribution in [2.75, 3.05) is 19.5 Å². The summed E-state index contributed by atoms with van der Waals surface area (Å²) in [4.78, 5) is 0. The van der Waals surface area contributed by atoms with Crippen molar-refractivity contribution in [1.82, 2.24) is 0 Å². The number of nitrogens with two attached hydrogens (primary N) is 1. The Morgan fingerprint density at radius 1 is 1.80 bits per heavy atom. The monoisotopic (exact) mass is 161 g/mol. The predicted octanol–water partition coefficient (Wildman–Crippen LogP) is 0.856. The molecule has 0 saturated carbocycles. The molecule has 60 valence electrons. The number of thioether (sulfide) groups is 1. The molecule has 0 spiro atoms. The fourth-order valence-electron chi connectivity index (χ4n) is 1.25. The molecule has 10 heavy (non-hydrogen) atoms. The van der Waals surface area contributed by atoms with Crippen LogP contribution < -0.4 is 5.73 Å². The van der Waals surface area contributed by atoms with Crippen LogP contribution in [0.4, 0.5) is 0 Å². The van der Waals surface area contributed by atoms with Crippen molar-refractivity contribution in [2.24, 2.45) is 5.73 Å². The largest absolute Gasteiger partial charge is 0.383 e. The van der Waals surface area contributed by atoms with E-state index in [1.54, 1.807) is 7.11 Å². The first kappa shape index (κ1) is 8.37. The van der Waals surface area contributed by atoms with Crippen LogP contribution >= 0.6 is 11.8 Å². The van der Waals surface area contributed by atoms with Gasteiger partial charge in [0.25, 0.3) is 0 Å². The predicted molar refractivity (Wildman–Crippen MR) is 45.3 cm³/mol. The van der Waals surface area contributed by atoms with E-state index in [-0.39, 0.29) is 5.54 Å². The van der Waals surface area contributed by atoms with Crippen LogP contribution in [0.5, 0.6) is 0 Å². The molecule has 1 saturated heterocycles. The summed E-state index contributed by atoms with van der Waals surface area (Å²) in [6.45, 7) is 2.87. The molecule has 2 unspecified atom stereocenters. The first-order valence-corrected chi connectivity index (χ1v) is 4.63.